The number of hydrogen-bond donors (Lipinski definition) is 1. The van der Waals surface area contributed by atoms with Crippen molar-refractivity contribution in [3.8, 4) is 11.5 Å². The van der Waals surface area contributed by atoms with E-state index in [0.29, 0.717) is 30.5 Å². The van der Waals surface area contributed by atoms with Crippen molar-refractivity contribution < 1.29 is 19.1 Å². The molecule has 2 amide bonds. The Bertz CT molecular complexity index is 956. The third kappa shape index (κ3) is 7.51. The van der Waals surface area contributed by atoms with E-state index in [-0.39, 0.29) is 11.8 Å². The van der Waals surface area contributed by atoms with E-state index in [4.69, 9.17) is 21.1 Å². The van der Waals surface area contributed by atoms with Crippen LogP contribution < -0.4 is 14.8 Å². The molecule has 1 atom stereocenters. The van der Waals surface area contributed by atoms with Gasteiger partial charge in [-0.2, -0.15) is 0 Å². The number of rotatable bonds is 9. The summed E-state index contributed by atoms with van der Waals surface area (Å²) in [6.45, 7) is 5.76. The van der Waals surface area contributed by atoms with E-state index in [0.717, 1.165) is 30.9 Å². The number of hydrogen-bond acceptors (Lipinski definition) is 5. The molecule has 2 aromatic carbocycles. The van der Waals surface area contributed by atoms with Gasteiger partial charge in [-0.15, -0.1) is 0 Å². The van der Waals surface area contributed by atoms with Gasteiger partial charge in [-0.3, -0.25) is 14.5 Å². The van der Waals surface area contributed by atoms with Gasteiger partial charge < -0.3 is 19.7 Å². The Balaban J connectivity index is 1.37. The van der Waals surface area contributed by atoms with Crippen LogP contribution >= 0.6 is 11.6 Å². The molecule has 7 nitrogen and oxygen atoms in total. The number of carbonyl (C=O) groups excluding carboxylic acids is 2. The van der Waals surface area contributed by atoms with Crippen LogP contribution in [0, 0.1) is 0 Å². The lowest BCUT2D eigenvalue weighted by molar-refractivity contribution is -0.136. The summed E-state index contributed by atoms with van der Waals surface area (Å²) in [6.07, 6.45) is 3.14. The molecular formula is C25H30ClN3O4. The van der Waals surface area contributed by atoms with Gasteiger partial charge in [0.15, 0.2) is 0 Å². The first-order chi connectivity index (χ1) is 16.0. The minimum absolute atomic E-state index is 0.0758. The molecule has 1 aliphatic heterocycles. The van der Waals surface area contributed by atoms with Crippen molar-refractivity contribution >= 4 is 29.5 Å². The summed E-state index contributed by atoms with van der Waals surface area (Å²) in [7, 11) is 1.60. The standard InChI is InChI=1S/C25H30ClN3O4/c1-19(27-24(30)12-9-20-7-10-21(32-2)11-8-20)25(31)29-15-13-28(14-16-29)17-18-33-23-6-4-3-5-22(23)26/h3-12,19H,13-18H2,1-2H3,(H,27,30)/b12-9+/t19-/m0/s1. The van der Waals surface area contributed by atoms with Crippen LogP contribution in [-0.2, 0) is 9.59 Å². The molecule has 1 saturated heterocycles. The smallest absolute Gasteiger partial charge is 0.244 e. The molecule has 0 bridgehead atoms. The van der Waals surface area contributed by atoms with Crippen molar-refractivity contribution in [2.45, 2.75) is 13.0 Å². The third-order valence-corrected chi connectivity index (χ3v) is 5.77. The lowest BCUT2D eigenvalue weighted by Crippen LogP contribution is -2.54. The van der Waals surface area contributed by atoms with E-state index in [1.807, 2.05) is 42.5 Å². The van der Waals surface area contributed by atoms with Crippen molar-refractivity contribution in [3.63, 3.8) is 0 Å². The molecule has 1 N–H and O–H groups in total. The van der Waals surface area contributed by atoms with Gasteiger partial charge in [-0.05, 0) is 42.8 Å². The molecule has 1 fully saturated rings. The maximum absolute atomic E-state index is 12.7. The molecule has 2 aromatic rings. The van der Waals surface area contributed by atoms with E-state index < -0.39 is 6.04 Å². The Labute approximate surface area is 199 Å². The highest BCUT2D eigenvalue weighted by molar-refractivity contribution is 6.32. The largest absolute Gasteiger partial charge is 0.497 e. The van der Waals surface area contributed by atoms with Gasteiger partial charge in [-0.1, -0.05) is 35.9 Å². The highest BCUT2D eigenvalue weighted by Gasteiger charge is 2.25. The average molecular weight is 472 g/mol. The summed E-state index contributed by atoms with van der Waals surface area (Å²) in [6, 6.07) is 14.2. The van der Waals surface area contributed by atoms with Crippen LogP contribution in [0.2, 0.25) is 5.02 Å². The van der Waals surface area contributed by atoms with Gasteiger partial charge in [0.1, 0.15) is 24.1 Å². The van der Waals surface area contributed by atoms with E-state index in [1.165, 1.54) is 6.08 Å². The Hall–Kier alpha value is -3.03. The predicted octanol–water partition coefficient (Wildman–Crippen LogP) is 3.09. The lowest BCUT2D eigenvalue weighted by Gasteiger charge is -2.35. The molecule has 1 heterocycles. The maximum Gasteiger partial charge on any atom is 0.244 e. The fourth-order valence-corrected chi connectivity index (χ4v) is 3.71. The fourth-order valence-electron chi connectivity index (χ4n) is 3.52. The minimum Gasteiger partial charge on any atom is -0.497 e. The summed E-state index contributed by atoms with van der Waals surface area (Å²) in [5, 5.41) is 3.35. The minimum atomic E-state index is -0.590. The molecular weight excluding hydrogens is 442 g/mol. The summed E-state index contributed by atoms with van der Waals surface area (Å²) in [5.41, 5.74) is 0.875. The van der Waals surface area contributed by atoms with Crippen LogP contribution in [0.3, 0.4) is 0 Å². The number of halogens is 1. The number of benzene rings is 2. The predicted molar refractivity (Wildman–Crippen MR) is 130 cm³/mol. The number of methoxy groups -OCH3 is 1. The van der Waals surface area contributed by atoms with Crippen molar-refractivity contribution in [2.24, 2.45) is 0 Å². The number of piperazine rings is 1. The first kappa shape index (κ1) is 24.6. The van der Waals surface area contributed by atoms with Crippen molar-refractivity contribution in [1.29, 1.82) is 0 Å². The molecule has 0 unspecified atom stereocenters. The third-order valence-electron chi connectivity index (χ3n) is 5.46. The van der Waals surface area contributed by atoms with Crippen LogP contribution in [0.5, 0.6) is 11.5 Å². The number of ether oxygens (including phenoxy) is 2. The highest BCUT2D eigenvalue weighted by atomic mass is 35.5. The molecule has 1 aliphatic rings. The van der Waals surface area contributed by atoms with E-state index in [1.54, 1.807) is 31.1 Å². The number of nitrogens with zero attached hydrogens (tertiary/aromatic N) is 2. The molecule has 8 heteroatoms. The van der Waals surface area contributed by atoms with Crippen LogP contribution in [0.25, 0.3) is 6.08 Å². The SMILES string of the molecule is COc1ccc(/C=C/C(=O)N[C@@H](C)C(=O)N2CCN(CCOc3ccccc3Cl)CC2)cc1. The Morgan fingerprint density at radius 1 is 1.09 bits per heavy atom. The summed E-state index contributed by atoms with van der Waals surface area (Å²) in [4.78, 5) is 29.0. The molecule has 33 heavy (non-hydrogen) atoms. The first-order valence-electron chi connectivity index (χ1n) is 11.0. The quantitative estimate of drug-likeness (QED) is 0.569. The first-order valence-corrected chi connectivity index (χ1v) is 11.3. The molecule has 0 saturated carbocycles. The number of amides is 2. The number of nitrogens with one attached hydrogen (secondary N) is 1. The van der Waals surface area contributed by atoms with Gasteiger partial charge in [0, 0.05) is 38.8 Å². The molecule has 0 aliphatic carbocycles. The zero-order valence-electron chi connectivity index (χ0n) is 19.0. The summed E-state index contributed by atoms with van der Waals surface area (Å²) in [5.74, 6) is 1.05. The van der Waals surface area contributed by atoms with Gasteiger partial charge in [0.25, 0.3) is 0 Å². The van der Waals surface area contributed by atoms with E-state index in [9.17, 15) is 9.59 Å². The monoisotopic (exact) mass is 471 g/mol. The van der Waals surface area contributed by atoms with Crippen LogP contribution in [0.15, 0.2) is 54.6 Å². The molecule has 176 valence electrons. The second-order valence-electron chi connectivity index (χ2n) is 7.78. The highest BCUT2D eigenvalue weighted by Crippen LogP contribution is 2.23. The van der Waals surface area contributed by atoms with E-state index >= 15 is 0 Å². The van der Waals surface area contributed by atoms with Crippen molar-refractivity contribution in [3.05, 3.63) is 65.2 Å². The van der Waals surface area contributed by atoms with Gasteiger partial charge in [0.2, 0.25) is 11.8 Å². The molecule has 0 aromatic heterocycles. The Kier molecular flexibility index (Phi) is 9.15. The Morgan fingerprint density at radius 3 is 2.45 bits per heavy atom. The van der Waals surface area contributed by atoms with Crippen molar-refractivity contribution in [2.75, 3.05) is 46.4 Å². The average Bonchev–Trinajstić information content (AvgIpc) is 2.84. The fraction of sp³-hybridized carbons (Fsp3) is 0.360. The van der Waals surface area contributed by atoms with Crippen molar-refractivity contribution in [1.82, 2.24) is 15.1 Å². The summed E-state index contributed by atoms with van der Waals surface area (Å²) < 4.78 is 10.9. The maximum atomic E-state index is 12.7. The Morgan fingerprint density at radius 2 is 1.79 bits per heavy atom. The number of para-hydroxylation sites is 1. The van der Waals surface area contributed by atoms with Gasteiger partial charge in [0.05, 0.1) is 12.1 Å². The van der Waals surface area contributed by atoms with Crippen LogP contribution in [0.1, 0.15) is 12.5 Å². The lowest BCUT2D eigenvalue weighted by atomic mass is 10.2. The number of carbonyl (C=O) groups is 2. The second kappa shape index (κ2) is 12.3. The summed E-state index contributed by atoms with van der Waals surface area (Å²) >= 11 is 6.11. The van der Waals surface area contributed by atoms with E-state index in [2.05, 4.69) is 10.2 Å². The van der Waals surface area contributed by atoms with Gasteiger partial charge >= 0.3 is 0 Å². The normalized spacial score (nSPS) is 15.3. The van der Waals surface area contributed by atoms with Crippen LogP contribution in [-0.4, -0.2) is 74.1 Å². The topological polar surface area (TPSA) is 71.1 Å². The molecule has 0 spiro atoms. The van der Waals surface area contributed by atoms with Gasteiger partial charge in [-0.25, -0.2) is 0 Å². The zero-order chi connectivity index (χ0) is 23.6. The second-order valence-corrected chi connectivity index (χ2v) is 8.19. The molecule has 0 radical (unpaired) electrons. The van der Waals surface area contributed by atoms with Crippen LogP contribution in [0.4, 0.5) is 0 Å². The zero-order valence-corrected chi connectivity index (χ0v) is 19.8. The molecule has 3 rings (SSSR count).